The van der Waals surface area contributed by atoms with Crippen LogP contribution < -0.4 is 4.74 Å². The van der Waals surface area contributed by atoms with Crippen molar-refractivity contribution in [3.05, 3.63) is 35.4 Å². The van der Waals surface area contributed by atoms with E-state index in [2.05, 4.69) is 4.74 Å². The van der Waals surface area contributed by atoms with Gasteiger partial charge in [0.2, 0.25) is 6.10 Å². The molecule has 1 unspecified atom stereocenters. The van der Waals surface area contributed by atoms with Gasteiger partial charge < -0.3 is 9.84 Å². The smallest absolute Gasteiger partial charge is 0.430 e. The van der Waals surface area contributed by atoms with Gasteiger partial charge in [-0.3, -0.25) is 0 Å². The topological polar surface area (TPSA) is 46.5 Å². The molecule has 1 N–H and O–H groups in total. The van der Waals surface area contributed by atoms with Crippen LogP contribution in [0.1, 0.15) is 5.56 Å². The van der Waals surface area contributed by atoms with Crippen LogP contribution in [-0.2, 0) is 4.79 Å². The van der Waals surface area contributed by atoms with Gasteiger partial charge in [0.05, 0.1) is 5.57 Å². The minimum absolute atomic E-state index is 0.347. The molecule has 0 saturated heterocycles. The first-order chi connectivity index (χ1) is 9.23. The largest absolute Gasteiger partial charge is 0.478 e. The molecule has 1 heterocycles. The third kappa shape index (κ3) is 2.33. The number of hydrogen-bond acceptors (Lipinski definition) is 2. The second-order valence-electron chi connectivity index (χ2n) is 3.97. The zero-order chi connectivity index (χ0) is 15.1. The normalized spacial score (nSPS) is 18.8. The molecule has 0 fully saturated rings. The second-order valence-corrected chi connectivity index (χ2v) is 3.97. The minimum Gasteiger partial charge on any atom is -0.478 e. The zero-order valence-corrected chi connectivity index (χ0v) is 9.62. The van der Waals surface area contributed by atoms with Gasteiger partial charge in [-0.25, -0.2) is 13.6 Å². The summed E-state index contributed by atoms with van der Waals surface area (Å²) in [5.74, 6) is -2.51. The average molecular weight is 294 g/mol. The molecule has 0 aromatic heterocycles. The summed E-state index contributed by atoms with van der Waals surface area (Å²) in [5.41, 5.74) is -2.99. The van der Waals surface area contributed by atoms with Crippen molar-refractivity contribution in [2.24, 2.45) is 0 Å². The van der Waals surface area contributed by atoms with Crippen LogP contribution in [0.25, 0.3) is 5.57 Å². The predicted molar refractivity (Wildman–Crippen MR) is 57.5 cm³/mol. The van der Waals surface area contributed by atoms with Crippen molar-refractivity contribution in [3.8, 4) is 5.75 Å². The van der Waals surface area contributed by atoms with E-state index in [0.29, 0.717) is 0 Å². The first-order valence-corrected chi connectivity index (χ1v) is 5.31. The Balaban J connectivity index is 2.74. The number of carboxylic acids is 1. The molecule has 108 valence electrons. The Bertz CT molecular complexity index is 577. The van der Waals surface area contributed by atoms with Crippen molar-refractivity contribution in [2.75, 3.05) is 0 Å². The first kappa shape index (κ1) is 14.3. The molecule has 0 amide bonds. The van der Waals surface area contributed by atoms with E-state index in [-0.39, 0.29) is 5.56 Å². The molecule has 1 atom stereocenters. The fourth-order valence-corrected chi connectivity index (χ4v) is 1.96. The molecule has 0 aliphatic carbocycles. The summed E-state index contributed by atoms with van der Waals surface area (Å²) < 4.78 is 69.1. The number of hydrogen-bond donors (Lipinski definition) is 1. The van der Waals surface area contributed by atoms with Crippen LogP contribution in [-0.4, -0.2) is 29.8 Å². The van der Waals surface area contributed by atoms with Crippen LogP contribution in [0.3, 0.4) is 0 Å². The van der Waals surface area contributed by atoms with E-state index in [1.54, 1.807) is 0 Å². The van der Waals surface area contributed by atoms with E-state index in [4.69, 9.17) is 5.11 Å². The van der Waals surface area contributed by atoms with Crippen molar-refractivity contribution >= 4 is 11.5 Å². The SMILES string of the molecule is O=C(O)C1=C(C(F)F)c2ccccc2OC1C(F)(F)F. The van der Waals surface area contributed by atoms with Crippen molar-refractivity contribution < 1.29 is 36.6 Å². The van der Waals surface area contributed by atoms with E-state index in [1.807, 2.05) is 0 Å². The molecule has 1 aliphatic heterocycles. The Hall–Kier alpha value is -2.12. The zero-order valence-electron chi connectivity index (χ0n) is 9.62. The minimum atomic E-state index is -5.11. The fraction of sp³-hybridized carbons (Fsp3) is 0.250. The summed E-state index contributed by atoms with van der Waals surface area (Å²) in [4.78, 5) is 11.0. The number of carbonyl (C=O) groups is 1. The molecule has 0 spiro atoms. The summed E-state index contributed by atoms with van der Waals surface area (Å²) >= 11 is 0. The van der Waals surface area contributed by atoms with Gasteiger partial charge >= 0.3 is 12.1 Å². The van der Waals surface area contributed by atoms with Crippen LogP contribution in [0, 0.1) is 0 Å². The lowest BCUT2D eigenvalue weighted by Gasteiger charge is -2.30. The summed E-state index contributed by atoms with van der Waals surface area (Å²) in [6.45, 7) is 0. The predicted octanol–water partition coefficient (Wildman–Crippen LogP) is 3.11. The Labute approximate surface area is 109 Å². The highest BCUT2D eigenvalue weighted by atomic mass is 19.4. The van der Waals surface area contributed by atoms with Gasteiger partial charge in [-0.2, -0.15) is 13.2 Å². The highest BCUT2D eigenvalue weighted by molar-refractivity contribution is 6.00. The van der Waals surface area contributed by atoms with E-state index >= 15 is 0 Å². The molecule has 1 aliphatic rings. The summed E-state index contributed by atoms with van der Waals surface area (Å²) in [6.07, 6.45) is -11.4. The van der Waals surface area contributed by atoms with Gasteiger partial charge in [0.15, 0.2) is 0 Å². The van der Waals surface area contributed by atoms with Gasteiger partial charge in [0.1, 0.15) is 5.75 Å². The molecule has 20 heavy (non-hydrogen) atoms. The Morgan fingerprint density at radius 1 is 1.25 bits per heavy atom. The van der Waals surface area contributed by atoms with Crippen LogP contribution >= 0.6 is 0 Å². The quantitative estimate of drug-likeness (QED) is 0.852. The number of halogens is 5. The molecule has 0 radical (unpaired) electrons. The number of allylic oxidation sites excluding steroid dienone is 1. The second kappa shape index (κ2) is 4.77. The lowest BCUT2D eigenvalue weighted by atomic mass is 9.92. The number of ether oxygens (including phenoxy) is 1. The molecule has 8 heteroatoms. The average Bonchev–Trinajstić information content (AvgIpc) is 2.34. The number of rotatable bonds is 2. The summed E-state index contributed by atoms with van der Waals surface area (Å²) in [6, 6.07) is 4.78. The number of fused-ring (bicyclic) bond motifs is 1. The lowest BCUT2D eigenvalue weighted by molar-refractivity contribution is -0.187. The molecule has 1 aromatic rings. The van der Waals surface area contributed by atoms with Crippen LogP contribution in [0.15, 0.2) is 29.8 Å². The van der Waals surface area contributed by atoms with Gasteiger partial charge in [0, 0.05) is 11.1 Å². The summed E-state index contributed by atoms with van der Waals surface area (Å²) in [5, 5.41) is 8.85. The highest BCUT2D eigenvalue weighted by Gasteiger charge is 2.51. The van der Waals surface area contributed by atoms with Crippen LogP contribution in [0.5, 0.6) is 5.75 Å². The molecular formula is C12H7F5O3. The van der Waals surface area contributed by atoms with Crippen molar-refractivity contribution in [1.29, 1.82) is 0 Å². The molecular weight excluding hydrogens is 287 g/mol. The molecule has 0 saturated carbocycles. The number of para-hydroxylation sites is 1. The maximum atomic E-state index is 13.0. The number of aliphatic carboxylic acids is 1. The standard InChI is InChI=1S/C12H7F5O3/c13-10(14)7-5-3-1-2-4-6(5)20-9(12(15,16)17)8(7)11(18)19/h1-4,9-10H,(H,18,19). The fourth-order valence-electron chi connectivity index (χ4n) is 1.96. The maximum Gasteiger partial charge on any atom is 0.430 e. The Morgan fingerprint density at radius 2 is 1.85 bits per heavy atom. The molecule has 3 nitrogen and oxygen atoms in total. The van der Waals surface area contributed by atoms with E-state index in [1.165, 1.54) is 12.1 Å². The molecule has 0 bridgehead atoms. The van der Waals surface area contributed by atoms with Gasteiger partial charge in [-0.15, -0.1) is 0 Å². The summed E-state index contributed by atoms with van der Waals surface area (Å²) in [7, 11) is 0. The van der Waals surface area contributed by atoms with Gasteiger partial charge in [-0.1, -0.05) is 18.2 Å². The monoisotopic (exact) mass is 294 g/mol. The van der Waals surface area contributed by atoms with E-state index in [0.717, 1.165) is 12.1 Å². The van der Waals surface area contributed by atoms with Gasteiger partial charge in [0.25, 0.3) is 6.43 Å². The van der Waals surface area contributed by atoms with Crippen molar-refractivity contribution in [3.63, 3.8) is 0 Å². The number of carboxylic acid groups (broad SMARTS) is 1. The lowest BCUT2D eigenvalue weighted by Crippen LogP contribution is -2.42. The number of benzene rings is 1. The Kier molecular flexibility index (Phi) is 3.41. The van der Waals surface area contributed by atoms with E-state index < -0.39 is 41.6 Å². The highest BCUT2D eigenvalue weighted by Crippen LogP contribution is 2.43. The van der Waals surface area contributed by atoms with Crippen LogP contribution in [0.2, 0.25) is 0 Å². The van der Waals surface area contributed by atoms with Crippen molar-refractivity contribution in [1.82, 2.24) is 0 Å². The van der Waals surface area contributed by atoms with Crippen LogP contribution in [0.4, 0.5) is 22.0 Å². The maximum absolute atomic E-state index is 13.0. The number of alkyl halides is 5. The van der Waals surface area contributed by atoms with Gasteiger partial charge in [-0.05, 0) is 6.07 Å². The first-order valence-electron chi connectivity index (χ1n) is 5.31. The third-order valence-corrected chi connectivity index (χ3v) is 2.72. The van der Waals surface area contributed by atoms with E-state index in [9.17, 15) is 26.7 Å². The molecule has 1 aromatic carbocycles. The Morgan fingerprint density at radius 3 is 2.35 bits per heavy atom. The molecule has 2 rings (SSSR count). The van der Waals surface area contributed by atoms with Crippen molar-refractivity contribution in [2.45, 2.75) is 18.7 Å². The third-order valence-electron chi connectivity index (χ3n) is 2.72.